The fourth-order valence-corrected chi connectivity index (χ4v) is 3.13. The first kappa shape index (κ1) is 13.4. The summed E-state index contributed by atoms with van der Waals surface area (Å²) in [4.78, 5) is 7.95. The van der Waals surface area contributed by atoms with Crippen LogP contribution in [-0.2, 0) is 12.8 Å². The third kappa shape index (κ3) is 2.52. The summed E-state index contributed by atoms with van der Waals surface area (Å²) >= 11 is 5.45. The standard InChI is InChI=1S/C16H17FN2S/c1-10-9-11(17)7-8-12(10)15-18-14-6-4-2-3-5-13(14)16(20)19-15/h7-9H,2-6H2,1H3,(H,18,19,20). The molecule has 2 aromatic rings. The molecule has 1 aromatic heterocycles. The fraction of sp³-hybridized carbons (Fsp3) is 0.375. The van der Waals surface area contributed by atoms with E-state index in [-0.39, 0.29) is 5.82 Å². The number of aromatic amines is 1. The van der Waals surface area contributed by atoms with Crippen molar-refractivity contribution in [1.82, 2.24) is 9.97 Å². The molecular weight excluding hydrogens is 271 g/mol. The molecule has 1 N–H and O–H groups in total. The molecule has 20 heavy (non-hydrogen) atoms. The highest BCUT2D eigenvalue weighted by molar-refractivity contribution is 7.71. The van der Waals surface area contributed by atoms with Gasteiger partial charge in [-0.25, -0.2) is 9.37 Å². The van der Waals surface area contributed by atoms with E-state index in [2.05, 4.69) is 9.97 Å². The van der Waals surface area contributed by atoms with E-state index < -0.39 is 0 Å². The van der Waals surface area contributed by atoms with Crippen LogP contribution < -0.4 is 0 Å². The van der Waals surface area contributed by atoms with Crippen LogP contribution in [0.2, 0.25) is 0 Å². The maximum Gasteiger partial charge on any atom is 0.139 e. The lowest BCUT2D eigenvalue weighted by Crippen LogP contribution is -2.02. The summed E-state index contributed by atoms with van der Waals surface area (Å²) in [5.74, 6) is 0.535. The molecule has 0 unspecified atom stereocenters. The summed E-state index contributed by atoms with van der Waals surface area (Å²) in [6, 6.07) is 4.76. The maximum atomic E-state index is 13.2. The topological polar surface area (TPSA) is 28.7 Å². The molecular formula is C16H17FN2S. The van der Waals surface area contributed by atoms with Gasteiger partial charge in [-0.15, -0.1) is 0 Å². The third-order valence-electron chi connectivity index (χ3n) is 3.90. The van der Waals surface area contributed by atoms with Crippen molar-refractivity contribution in [2.75, 3.05) is 0 Å². The van der Waals surface area contributed by atoms with Crippen LogP contribution in [0.25, 0.3) is 11.4 Å². The van der Waals surface area contributed by atoms with Gasteiger partial charge in [0, 0.05) is 16.8 Å². The zero-order valence-electron chi connectivity index (χ0n) is 11.5. The molecule has 0 bridgehead atoms. The van der Waals surface area contributed by atoms with Crippen molar-refractivity contribution < 1.29 is 4.39 Å². The van der Waals surface area contributed by atoms with Gasteiger partial charge in [0.1, 0.15) is 16.3 Å². The lowest BCUT2D eigenvalue weighted by molar-refractivity contribution is 0.627. The van der Waals surface area contributed by atoms with Gasteiger partial charge in [0.2, 0.25) is 0 Å². The summed E-state index contributed by atoms with van der Waals surface area (Å²) in [6.07, 6.45) is 5.64. The fourth-order valence-electron chi connectivity index (χ4n) is 2.82. The van der Waals surface area contributed by atoms with E-state index >= 15 is 0 Å². The average Bonchev–Trinajstić information content (AvgIpc) is 2.64. The van der Waals surface area contributed by atoms with Gasteiger partial charge in [-0.2, -0.15) is 0 Å². The van der Waals surface area contributed by atoms with Gasteiger partial charge >= 0.3 is 0 Å². The van der Waals surface area contributed by atoms with Crippen molar-refractivity contribution in [3.63, 3.8) is 0 Å². The average molecular weight is 288 g/mol. The molecule has 0 saturated carbocycles. The summed E-state index contributed by atoms with van der Waals surface area (Å²) in [7, 11) is 0. The number of hydrogen-bond acceptors (Lipinski definition) is 2. The van der Waals surface area contributed by atoms with Gasteiger partial charge < -0.3 is 4.98 Å². The molecule has 0 fully saturated rings. The van der Waals surface area contributed by atoms with Gasteiger partial charge in [-0.1, -0.05) is 18.6 Å². The third-order valence-corrected chi connectivity index (χ3v) is 4.24. The van der Waals surface area contributed by atoms with Gasteiger partial charge in [-0.05, 0) is 56.4 Å². The molecule has 104 valence electrons. The van der Waals surface area contributed by atoms with E-state index in [0.717, 1.165) is 29.8 Å². The minimum atomic E-state index is -0.223. The summed E-state index contributed by atoms with van der Waals surface area (Å²) in [5, 5.41) is 0. The summed E-state index contributed by atoms with van der Waals surface area (Å²) < 4.78 is 13.9. The van der Waals surface area contributed by atoms with Crippen LogP contribution in [-0.4, -0.2) is 9.97 Å². The van der Waals surface area contributed by atoms with Crippen molar-refractivity contribution >= 4 is 12.2 Å². The first-order valence-electron chi connectivity index (χ1n) is 7.04. The molecule has 4 heteroatoms. The number of rotatable bonds is 1. The van der Waals surface area contributed by atoms with Crippen molar-refractivity contribution in [3.05, 3.63) is 45.5 Å². The SMILES string of the molecule is Cc1cc(F)ccc1-c1nc(=S)c2c([nH]1)CCCCC2. The van der Waals surface area contributed by atoms with Crippen LogP contribution in [0, 0.1) is 17.4 Å². The normalized spacial score (nSPS) is 14.7. The Morgan fingerprint density at radius 1 is 1.20 bits per heavy atom. The van der Waals surface area contributed by atoms with Crippen molar-refractivity contribution in [2.24, 2.45) is 0 Å². The van der Waals surface area contributed by atoms with Crippen LogP contribution in [0.5, 0.6) is 0 Å². The maximum absolute atomic E-state index is 13.2. The van der Waals surface area contributed by atoms with Crippen molar-refractivity contribution in [2.45, 2.75) is 39.0 Å². The highest BCUT2D eigenvalue weighted by atomic mass is 32.1. The van der Waals surface area contributed by atoms with Gasteiger partial charge in [0.25, 0.3) is 0 Å². The lowest BCUT2D eigenvalue weighted by atomic mass is 10.1. The second-order valence-electron chi connectivity index (χ2n) is 5.37. The number of nitrogens with zero attached hydrogens (tertiary/aromatic N) is 1. The molecule has 0 aliphatic heterocycles. The predicted molar refractivity (Wildman–Crippen MR) is 80.8 cm³/mol. The van der Waals surface area contributed by atoms with E-state index in [4.69, 9.17) is 12.2 Å². The Hall–Kier alpha value is -1.55. The molecule has 0 atom stereocenters. The van der Waals surface area contributed by atoms with E-state index in [9.17, 15) is 4.39 Å². The summed E-state index contributed by atoms with van der Waals surface area (Å²) in [5.41, 5.74) is 4.20. The van der Waals surface area contributed by atoms with Crippen LogP contribution in [0.3, 0.4) is 0 Å². The first-order valence-corrected chi connectivity index (χ1v) is 7.44. The Morgan fingerprint density at radius 2 is 2.00 bits per heavy atom. The number of nitrogens with one attached hydrogen (secondary N) is 1. The Morgan fingerprint density at radius 3 is 2.80 bits per heavy atom. The number of aryl methyl sites for hydroxylation is 2. The van der Waals surface area contributed by atoms with E-state index in [1.54, 1.807) is 6.07 Å². The van der Waals surface area contributed by atoms with E-state index in [0.29, 0.717) is 4.64 Å². The Balaban J connectivity index is 2.13. The number of halogens is 1. The molecule has 2 nitrogen and oxygen atoms in total. The minimum absolute atomic E-state index is 0.223. The molecule has 3 rings (SSSR count). The lowest BCUT2D eigenvalue weighted by Gasteiger charge is -2.11. The van der Waals surface area contributed by atoms with Gasteiger partial charge in [0.05, 0.1) is 0 Å². The molecule has 1 heterocycles. The predicted octanol–water partition coefficient (Wildman–Crippen LogP) is 4.52. The quantitative estimate of drug-likeness (QED) is 0.617. The molecule has 1 aromatic carbocycles. The molecule has 1 aliphatic carbocycles. The minimum Gasteiger partial charge on any atom is -0.343 e. The van der Waals surface area contributed by atoms with Crippen LogP contribution >= 0.6 is 12.2 Å². The highest BCUT2D eigenvalue weighted by Gasteiger charge is 2.14. The smallest absolute Gasteiger partial charge is 0.139 e. The van der Waals surface area contributed by atoms with Gasteiger partial charge in [0.15, 0.2) is 0 Å². The Bertz CT molecular complexity index is 706. The number of benzene rings is 1. The molecule has 0 spiro atoms. The van der Waals surface area contributed by atoms with E-state index in [1.165, 1.54) is 42.7 Å². The second kappa shape index (κ2) is 5.44. The second-order valence-corrected chi connectivity index (χ2v) is 5.75. The molecule has 0 saturated heterocycles. The summed E-state index contributed by atoms with van der Waals surface area (Å²) in [6.45, 7) is 1.89. The number of H-pyrrole nitrogens is 1. The Kier molecular flexibility index (Phi) is 3.66. The number of hydrogen-bond donors (Lipinski definition) is 1. The zero-order chi connectivity index (χ0) is 14.1. The molecule has 0 radical (unpaired) electrons. The van der Waals surface area contributed by atoms with Crippen molar-refractivity contribution in [3.8, 4) is 11.4 Å². The molecule has 1 aliphatic rings. The largest absolute Gasteiger partial charge is 0.343 e. The number of fused-ring (bicyclic) bond motifs is 1. The highest BCUT2D eigenvalue weighted by Crippen LogP contribution is 2.25. The van der Waals surface area contributed by atoms with Crippen LogP contribution in [0.1, 0.15) is 36.1 Å². The van der Waals surface area contributed by atoms with E-state index in [1.807, 2.05) is 6.92 Å². The monoisotopic (exact) mass is 288 g/mol. The van der Waals surface area contributed by atoms with Crippen LogP contribution in [0.15, 0.2) is 18.2 Å². The molecule has 0 amide bonds. The Labute approximate surface area is 123 Å². The van der Waals surface area contributed by atoms with Gasteiger partial charge in [-0.3, -0.25) is 0 Å². The van der Waals surface area contributed by atoms with Crippen molar-refractivity contribution in [1.29, 1.82) is 0 Å². The first-order chi connectivity index (χ1) is 9.65. The van der Waals surface area contributed by atoms with Crippen LogP contribution in [0.4, 0.5) is 4.39 Å². The zero-order valence-corrected chi connectivity index (χ0v) is 12.3. The number of aromatic nitrogens is 2.